The van der Waals surface area contributed by atoms with Crippen molar-refractivity contribution in [1.29, 1.82) is 5.26 Å². The minimum atomic E-state index is 0.0471. The largest absolute Gasteiger partial charge is 0.506 e. The Balaban J connectivity index is 2.16. The summed E-state index contributed by atoms with van der Waals surface area (Å²) in [6.45, 7) is 0.481. The van der Waals surface area contributed by atoms with Crippen molar-refractivity contribution in [1.82, 2.24) is 0 Å². The van der Waals surface area contributed by atoms with Gasteiger partial charge in [0.05, 0.1) is 16.3 Å². The molecule has 0 amide bonds. The lowest BCUT2D eigenvalue weighted by Gasteiger charge is -2.09. The minimum absolute atomic E-state index is 0.0471. The average molecular weight is 293 g/mol. The van der Waals surface area contributed by atoms with Crippen molar-refractivity contribution < 1.29 is 5.11 Å². The van der Waals surface area contributed by atoms with Crippen molar-refractivity contribution in [3.63, 3.8) is 0 Å². The van der Waals surface area contributed by atoms with E-state index < -0.39 is 0 Å². The van der Waals surface area contributed by atoms with Crippen molar-refractivity contribution in [3.05, 3.63) is 57.6 Å². The van der Waals surface area contributed by atoms with E-state index in [1.54, 1.807) is 30.3 Å². The summed E-state index contributed by atoms with van der Waals surface area (Å²) >= 11 is 11.7. The van der Waals surface area contributed by atoms with Crippen LogP contribution in [0.5, 0.6) is 5.75 Å². The van der Waals surface area contributed by atoms with Crippen LogP contribution in [0.1, 0.15) is 11.1 Å². The maximum absolute atomic E-state index is 9.33. The fraction of sp³-hybridized carbons (Fsp3) is 0.0714. The zero-order chi connectivity index (χ0) is 13.8. The summed E-state index contributed by atoms with van der Waals surface area (Å²) in [5.41, 5.74) is 2.08. The Morgan fingerprint density at radius 1 is 1.16 bits per heavy atom. The Morgan fingerprint density at radius 2 is 1.95 bits per heavy atom. The summed E-state index contributed by atoms with van der Waals surface area (Å²) in [7, 11) is 0. The molecule has 0 radical (unpaired) electrons. The number of nitrogens with zero attached hydrogens (tertiary/aromatic N) is 1. The molecule has 0 aromatic heterocycles. The molecule has 0 aliphatic heterocycles. The van der Waals surface area contributed by atoms with Crippen molar-refractivity contribution in [2.24, 2.45) is 0 Å². The fourth-order valence-electron chi connectivity index (χ4n) is 1.62. The normalized spacial score (nSPS) is 9.95. The Bertz CT molecular complexity index is 650. The zero-order valence-corrected chi connectivity index (χ0v) is 11.3. The minimum Gasteiger partial charge on any atom is -0.506 e. The highest BCUT2D eigenvalue weighted by Gasteiger charge is 2.04. The van der Waals surface area contributed by atoms with E-state index in [-0.39, 0.29) is 5.75 Å². The van der Waals surface area contributed by atoms with Gasteiger partial charge in [-0.15, -0.1) is 0 Å². The molecule has 0 spiro atoms. The van der Waals surface area contributed by atoms with Gasteiger partial charge in [0.25, 0.3) is 0 Å². The summed E-state index contributed by atoms with van der Waals surface area (Å²) in [6.07, 6.45) is 0. The Morgan fingerprint density at radius 3 is 2.63 bits per heavy atom. The highest BCUT2D eigenvalue weighted by atomic mass is 35.5. The summed E-state index contributed by atoms with van der Waals surface area (Å²) < 4.78 is 0. The highest BCUT2D eigenvalue weighted by molar-refractivity contribution is 6.32. The summed E-state index contributed by atoms with van der Waals surface area (Å²) in [6, 6.07) is 12.1. The average Bonchev–Trinajstić information content (AvgIpc) is 2.40. The van der Waals surface area contributed by atoms with E-state index in [9.17, 15) is 5.11 Å². The first kappa shape index (κ1) is 13.5. The molecular formula is C14H10Cl2N2O. The second kappa shape index (κ2) is 5.83. The fourth-order valence-corrected chi connectivity index (χ4v) is 1.99. The van der Waals surface area contributed by atoms with Crippen LogP contribution < -0.4 is 5.32 Å². The number of hydrogen-bond donors (Lipinski definition) is 2. The van der Waals surface area contributed by atoms with Crippen LogP contribution in [-0.2, 0) is 6.54 Å². The van der Waals surface area contributed by atoms with Gasteiger partial charge in [-0.2, -0.15) is 5.26 Å². The summed E-state index contributed by atoms with van der Waals surface area (Å²) in [4.78, 5) is 0. The van der Waals surface area contributed by atoms with E-state index in [2.05, 4.69) is 11.4 Å². The number of aromatic hydroxyl groups is 1. The second-order valence-corrected chi connectivity index (χ2v) is 4.78. The third-order valence-corrected chi connectivity index (χ3v) is 3.13. The predicted octanol–water partition coefficient (Wildman–Crippen LogP) is 4.18. The number of phenols is 1. The molecule has 2 aromatic rings. The van der Waals surface area contributed by atoms with Gasteiger partial charge in [0.1, 0.15) is 11.8 Å². The van der Waals surface area contributed by atoms with E-state index >= 15 is 0 Å². The van der Waals surface area contributed by atoms with Gasteiger partial charge in [-0.25, -0.2) is 0 Å². The lowest BCUT2D eigenvalue weighted by atomic mass is 10.1. The van der Waals surface area contributed by atoms with E-state index in [1.165, 1.54) is 6.07 Å². The van der Waals surface area contributed by atoms with Gasteiger partial charge in [-0.3, -0.25) is 0 Å². The van der Waals surface area contributed by atoms with Crippen LogP contribution in [-0.4, -0.2) is 5.11 Å². The first-order chi connectivity index (χ1) is 9.10. The molecule has 0 saturated carbocycles. The van der Waals surface area contributed by atoms with Crippen LogP contribution in [0, 0.1) is 11.3 Å². The zero-order valence-electron chi connectivity index (χ0n) is 9.82. The summed E-state index contributed by atoms with van der Waals surface area (Å²) in [5, 5.41) is 22.3. The quantitative estimate of drug-likeness (QED) is 0.892. The third kappa shape index (κ3) is 3.31. The lowest BCUT2D eigenvalue weighted by molar-refractivity contribution is 0.475. The number of phenolic OH excluding ortho intramolecular Hbond substituents is 1. The Hall–Kier alpha value is -1.89. The number of halogens is 2. The maximum atomic E-state index is 9.33. The molecule has 0 atom stereocenters. The second-order valence-electron chi connectivity index (χ2n) is 3.94. The van der Waals surface area contributed by atoms with Crippen LogP contribution in [0.15, 0.2) is 36.4 Å². The Kier molecular flexibility index (Phi) is 4.16. The molecule has 0 saturated heterocycles. The van der Waals surface area contributed by atoms with Gasteiger partial charge in [0.2, 0.25) is 0 Å². The van der Waals surface area contributed by atoms with Crippen LogP contribution in [0.2, 0.25) is 10.0 Å². The first-order valence-electron chi connectivity index (χ1n) is 5.51. The van der Waals surface area contributed by atoms with E-state index in [0.29, 0.717) is 27.8 Å². The lowest BCUT2D eigenvalue weighted by Crippen LogP contribution is -2.01. The maximum Gasteiger partial charge on any atom is 0.134 e. The predicted molar refractivity (Wildman–Crippen MR) is 76.6 cm³/mol. The highest BCUT2D eigenvalue weighted by Crippen LogP contribution is 2.25. The number of benzene rings is 2. The van der Waals surface area contributed by atoms with Crippen LogP contribution in [0.4, 0.5) is 5.69 Å². The topological polar surface area (TPSA) is 56.0 Å². The molecule has 0 unspecified atom stereocenters. The standard InChI is InChI=1S/C14H10Cl2N2O/c15-11-3-2-10(7-17)13(6-11)18-8-9-1-4-14(19)12(16)5-9/h1-6,18-19H,8H2. The molecule has 0 bridgehead atoms. The Labute approximate surface area is 121 Å². The smallest absolute Gasteiger partial charge is 0.134 e. The molecule has 0 fully saturated rings. The van der Waals surface area contributed by atoms with Gasteiger partial charge in [0.15, 0.2) is 0 Å². The number of anilines is 1. The molecule has 2 N–H and O–H groups in total. The molecule has 5 heteroatoms. The molecule has 19 heavy (non-hydrogen) atoms. The monoisotopic (exact) mass is 292 g/mol. The molecule has 0 aliphatic carbocycles. The molecule has 2 rings (SSSR count). The first-order valence-corrected chi connectivity index (χ1v) is 6.26. The molecule has 0 heterocycles. The van der Waals surface area contributed by atoms with Crippen molar-refractivity contribution in [3.8, 4) is 11.8 Å². The molecule has 0 aliphatic rings. The SMILES string of the molecule is N#Cc1ccc(Cl)cc1NCc1ccc(O)c(Cl)c1. The molecule has 96 valence electrons. The van der Waals surface area contributed by atoms with Gasteiger partial charge < -0.3 is 10.4 Å². The molecular weight excluding hydrogens is 283 g/mol. The molecule has 2 aromatic carbocycles. The summed E-state index contributed by atoms with van der Waals surface area (Å²) in [5.74, 6) is 0.0471. The van der Waals surface area contributed by atoms with Crippen molar-refractivity contribution in [2.75, 3.05) is 5.32 Å². The van der Waals surface area contributed by atoms with Crippen molar-refractivity contribution in [2.45, 2.75) is 6.54 Å². The van der Waals surface area contributed by atoms with Crippen molar-refractivity contribution >= 4 is 28.9 Å². The van der Waals surface area contributed by atoms with Gasteiger partial charge in [-0.1, -0.05) is 29.3 Å². The number of nitrogens with one attached hydrogen (secondary N) is 1. The van der Waals surface area contributed by atoms with E-state index in [0.717, 1.165) is 5.56 Å². The number of nitriles is 1. The number of rotatable bonds is 3. The van der Waals surface area contributed by atoms with Crippen LogP contribution >= 0.6 is 23.2 Å². The third-order valence-electron chi connectivity index (χ3n) is 2.60. The molecule has 3 nitrogen and oxygen atoms in total. The van der Waals surface area contributed by atoms with Gasteiger partial charge in [-0.05, 0) is 35.9 Å². The van der Waals surface area contributed by atoms with Gasteiger partial charge >= 0.3 is 0 Å². The van der Waals surface area contributed by atoms with E-state index in [4.69, 9.17) is 28.5 Å². The van der Waals surface area contributed by atoms with E-state index in [1.807, 2.05) is 0 Å². The van der Waals surface area contributed by atoms with Gasteiger partial charge in [0, 0.05) is 11.6 Å². The van der Waals surface area contributed by atoms with Crippen LogP contribution in [0.3, 0.4) is 0 Å². The van der Waals surface area contributed by atoms with Crippen LogP contribution in [0.25, 0.3) is 0 Å². The number of hydrogen-bond acceptors (Lipinski definition) is 3.